The van der Waals surface area contributed by atoms with E-state index < -0.39 is 0 Å². The van der Waals surface area contributed by atoms with Gasteiger partial charge in [0.25, 0.3) is 0 Å². The molecule has 0 radical (unpaired) electrons. The SMILES string of the molecule is COc1ccc(C(OC(C)=O)C(C)Br)cc1. The molecule has 0 spiro atoms. The maximum atomic E-state index is 11.0. The highest BCUT2D eigenvalue weighted by Gasteiger charge is 2.19. The molecule has 0 fully saturated rings. The third kappa shape index (κ3) is 3.52. The first-order valence-corrected chi connectivity index (χ1v) is 5.91. The van der Waals surface area contributed by atoms with Crippen LogP contribution in [0.4, 0.5) is 0 Å². The summed E-state index contributed by atoms with van der Waals surface area (Å²) < 4.78 is 10.3. The highest BCUT2D eigenvalue weighted by atomic mass is 79.9. The van der Waals surface area contributed by atoms with E-state index in [2.05, 4.69) is 15.9 Å². The molecule has 0 bridgehead atoms. The van der Waals surface area contributed by atoms with Gasteiger partial charge in [0.1, 0.15) is 11.9 Å². The number of hydrogen-bond acceptors (Lipinski definition) is 3. The predicted octanol–water partition coefficient (Wildman–Crippen LogP) is 3.08. The molecule has 3 nitrogen and oxygen atoms in total. The minimum atomic E-state index is -0.285. The van der Waals surface area contributed by atoms with Gasteiger partial charge in [-0.3, -0.25) is 4.79 Å². The minimum Gasteiger partial charge on any atom is -0.497 e. The van der Waals surface area contributed by atoms with Gasteiger partial charge < -0.3 is 9.47 Å². The highest BCUT2D eigenvalue weighted by Crippen LogP contribution is 2.27. The molecule has 0 aliphatic rings. The van der Waals surface area contributed by atoms with Crippen molar-refractivity contribution < 1.29 is 14.3 Å². The van der Waals surface area contributed by atoms with Crippen LogP contribution in [0.15, 0.2) is 24.3 Å². The molecule has 0 N–H and O–H groups in total. The first-order valence-electron chi connectivity index (χ1n) is 5.00. The van der Waals surface area contributed by atoms with Crippen LogP contribution in [0.3, 0.4) is 0 Å². The molecule has 1 rings (SSSR count). The first-order chi connectivity index (χ1) is 7.54. The molecule has 0 aliphatic heterocycles. The summed E-state index contributed by atoms with van der Waals surface area (Å²) in [6, 6.07) is 7.48. The molecule has 88 valence electrons. The molecule has 0 saturated carbocycles. The van der Waals surface area contributed by atoms with Crippen molar-refractivity contribution in [2.75, 3.05) is 7.11 Å². The Labute approximate surface area is 104 Å². The van der Waals surface area contributed by atoms with Crippen LogP contribution >= 0.6 is 15.9 Å². The number of alkyl halides is 1. The van der Waals surface area contributed by atoms with Gasteiger partial charge in [-0.25, -0.2) is 0 Å². The lowest BCUT2D eigenvalue weighted by molar-refractivity contribution is -0.146. The fourth-order valence-corrected chi connectivity index (χ4v) is 1.81. The molecule has 0 aromatic heterocycles. The Bertz CT molecular complexity index is 346. The summed E-state index contributed by atoms with van der Waals surface area (Å²) in [6.45, 7) is 3.35. The van der Waals surface area contributed by atoms with Gasteiger partial charge in [0.2, 0.25) is 0 Å². The van der Waals surface area contributed by atoms with E-state index in [1.54, 1.807) is 7.11 Å². The first kappa shape index (κ1) is 13.0. The maximum absolute atomic E-state index is 11.0. The van der Waals surface area contributed by atoms with Crippen LogP contribution in [-0.2, 0) is 9.53 Å². The lowest BCUT2D eigenvalue weighted by Crippen LogP contribution is -2.15. The van der Waals surface area contributed by atoms with Gasteiger partial charge in [0.15, 0.2) is 0 Å². The normalized spacial score (nSPS) is 14.0. The second-order valence-corrected chi connectivity index (χ2v) is 4.93. The van der Waals surface area contributed by atoms with E-state index in [1.165, 1.54) is 6.92 Å². The van der Waals surface area contributed by atoms with Gasteiger partial charge in [0.05, 0.1) is 11.9 Å². The van der Waals surface area contributed by atoms with Crippen LogP contribution in [0.1, 0.15) is 25.5 Å². The van der Waals surface area contributed by atoms with Crippen molar-refractivity contribution in [2.45, 2.75) is 24.8 Å². The summed E-state index contributed by atoms with van der Waals surface area (Å²) in [6.07, 6.45) is -0.275. The molecular weight excluding hydrogens is 272 g/mol. The van der Waals surface area contributed by atoms with Crippen molar-refractivity contribution >= 4 is 21.9 Å². The lowest BCUT2D eigenvalue weighted by Gasteiger charge is -2.20. The van der Waals surface area contributed by atoms with Crippen LogP contribution in [0.2, 0.25) is 0 Å². The summed E-state index contributed by atoms with van der Waals surface area (Å²) in [7, 11) is 1.62. The summed E-state index contributed by atoms with van der Waals surface area (Å²) in [5, 5.41) is 0. The Balaban J connectivity index is 2.88. The molecule has 4 heteroatoms. The smallest absolute Gasteiger partial charge is 0.303 e. The number of ether oxygens (including phenoxy) is 2. The van der Waals surface area contributed by atoms with Crippen molar-refractivity contribution in [3.63, 3.8) is 0 Å². The van der Waals surface area contributed by atoms with Crippen LogP contribution in [0.5, 0.6) is 5.75 Å². The third-order valence-corrected chi connectivity index (χ3v) is 2.63. The third-order valence-electron chi connectivity index (χ3n) is 2.15. The van der Waals surface area contributed by atoms with E-state index in [4.69, 9.17) is 9.47 Å². The van der Waals surface area contributed by atoms with Gasteiger partial charge in [-0.2, -0.15) is 0 Å². The molecule has 0 amide bonds. The summed E-state index contributed by atoms with van der Waals surface area (Å²) >= 11 is 3.43. The van der Waals surface area contributed by atoms with E-state index in [1.807, 2.05) is 31.2 Å². The van der Waals surface area contributed by atoms with E-state index >= 15 is 0 Å². The number of esters is 1. The number of rotatable bonds is 4. The number of methoxy groups -OCH3 is 1. The molecule has 16 heavy (non-hydrogen) atoms. The zero-order valence-corrected chi connectivity index (χ0v) is 11.2. The molecule has 1 aromatic carbocycles. The van der Waals surface area contributed by atoms with Crippen LogP contribution in [0.25, 0.3) is 0 Å². The summed E-state index contributed by atoms with van der Waals surface area (Å²) in [4.78, 5) is 11.0. The molecule has 0 saturated heterocycles. The maximum Gasteiger partial charge on any atom is 0.303 e. The van der Waals surface area contributed by atoms with Crippen LogP contribution in [-0.4, -0.2) is 17.9 Å². The Kier molecular flexibility index (Phi) is 4.80. The lowest BCUT2D eigenvalue weighted by atomic mass is 10.1. The Morgan fingerprint density at radius 2 is 1.88 bits per heavy atom. The number of hydrogen-bond donors (Lipinski definition) is 0. The Morgan fingerprint density at radius 3 is 2.25 bits per heavy atom. The number of carbonyl (C=O) groups excluding carboxylic acids is 1. The largest absolute Gasteiger partial charge is 0.497 e. The number of carbonyl (C=O) groups is 1. The van der Waals surface area contributed by atoms with Crippen molar-refractivity contribution in [2.24, 2.45) is 0 Å². The molecule has 2 unspecified atom stereocenters. The van der Waals surface area contributed by atoms with Gasteiger partial charge in [0, 0.05) is 6.92 Å². The summed E-state index contributed by atoms with van der Waals surface area (Å²) in [5.41, 5.74) is 0.945. The van der Waals surface area contributed by atoms with Crippen LogP contribution < -0.4 is 4.74 Å². The quantitative estimate of drug-likeness (QED) is 0.630. The number of benzene rings is 1. The molecular formula is C12H15BrO3. The zero-order valence-electron chi connectivity index (χ0n) is 9.57. The van der Waals surface area contributed by atoms with Gasteiger partial charge >= 0.3 is 5.97 Å². The minimum absolute atomic E-state index is 0.0600. The summed E-state index contributed by atoms with van der Waals surface area (Å²) in [5.74, 6) is 0.500. The Morgan fingerprint density at radius 1 is 1.31 bits per heavy atom. The fourth-order valence-electron chi connectivity index (χ4n) is 1.40. The van der Waals surface area contributed by atoms with Gasteiger partial charge in [-0.05, 0) is 24.6 Å². The van der Waals surface area contributed by atoms with Gasteiger partial charge in [-0.15, -0.1) is 0 Å². The second-order valence-electron chi connectivity index (χ2n) is 3.48. The van der Waals surface area contributed by atoms with Crippen LogP contribution in [0, 0.1) is 0 Å². The monoisotopic (exact) mass is 286 g/mol. The van der Waals surface area contributed by atoms with E-state index in [-0.39, 0.29) is 16.9 Å². The highest BCUT2D eigenvalue weighted by molar-refractivity contribution is 9.09. The van der Waals surface area contributed by atoms with Crippen molar-refractivity contribution in [1.82, 2.24) is 0 Å². The van der Waals surface area contributed by atoms with Gasteiger partial charge in [-0.1, -0.05) is 28.1 Å². The molecule has 0 heterocycles. The molecule has 0 aliphatic carbocycles. The average molecular weight is 287 g/mol. The average Bonchev–Trinajstić information content (AvgIpc) is 2.25. The van der Waals surface area contributed by atoms with Crippen molar-refractivity contribution in [1.29, 1.82) is 0 Å². The van der Waals surface area contributed by atoms with Crippen molar-refractivity contribution in [3.05, 3.63) is 29.8 Å². The Hall–Kier alpha value is -1.03. The topological polar surface area (TPSA) is 35.5 Å². The van der Waals surface area contributed by atoms with Crippen molar-refractivity contribution in [3.8, 4) is 5.75 Å². The fraction of sp³-hybridized carbons (Fsp3) is 0.417. The molecule has 1 aromatic rings. The second kappa shape index (κ2) is 5.89. The standard InChI is InChI=1S/C12H15BrO3/c1-8(13)12(16-9(2)14)10-4-6-11(15-3)7-5-10/h4-8,12H,1-3H3. The van der Waals surface area contributed by atoms with E-state index in [0.29, 0.717) is 0 Å². The van der Waals surface area contributed by atoms with E-state index in [9.17, 15) is 4.79 Å². The molecule has 2 atom stereocenters. The number of halogens is 1. The predicted molar refractivity (Wildman–Crippen MR) is 65.9 cm³/mol. The van der Waals surface area contributed by atoms with E-state index in [0.717, 1.165) is 11.3 Å². The zero-order chi connectivity index (χ0) is 12.1.